The van der Waals surface area contributed by atoms with E-state index in [9.17, 15) is 0 Å². The number of benzene rings is 1. The van der Waals surface area contributed by atoms with Gasteiger partial charge in [-0.25, -0.2) is 0 Å². The molecule has 0 bridgehead atoms. The van der Waals surface area contributed by atoms with E-state index >= 15 is 0 Å². The van der Waals surface area contributed by atoms with Crippen LogP contribution in [-0.4, -0.2) is 12.6 Å². The van der Waals surface area contributed by atoms with Gasteiger partial charge in [0.1, 0.15) is 11.5 Å². The van der Waals surface area contributed by atoms with Crippen LogP contribution in [-0.2, 0) is 6.42 Å². The van der Waals surface area contributed by atoms with Crippen molar-refractivity contribution in [2.75, 3.05) is 17.6 Å². The van der Waals surface area contributed by atoms with Crippen molar-refractivity contribution in [3.8, 4) is 5.75 Å². The van der Waals surface area contributed by atoms with E-state index < -0.39 is 0 Å². The smallest absolute Gasteiger partial charge is 0.144 e. The van der Waals surface area contributed by atoms with Crippen molar-refractivity contribution in [3.05, 3.63) is 42.4 Å². The van der Waals surface area contributed by atoms with E-state index in [2.05, 4.69) is 5.32 Å². The molecule has 19 heavy (non-hydrogen) atoms. The third kappa shape index (κ3) is 3.95. The van der Waals surface area contributed by atoms with E-state index in [1.54, 1.807) is 6.26 Å². The van der Waals surface area contributed by atoms with Gasteiger partial charge < -0.3 is 20.2 Å². The summed E-state index contributed by atoms with van der Waals surface area (Å²) < 4.78 is 10.9. The van der Waals surface area contributed by atoms with Crippen LogP contribution in [0.5, 0.6) is 5.75 Å². The van der Waals surface area contributed by atoms with Gasteiger partial charge in [-0.1, -0.05) is 0 Å². The molecule has 2 rings (SSSR count). The first kappa shape index (κ1) is 13.3. The van der Waals surface area contributed by atoms with E-state index in [0.29, 0.717) is 5.69 Å². The van der Waals surface area contributed by atoms with Gasteiger partial charge >= 0.3 is 0 Å². The predicted molar refractivity (Wildman–Crippen MR) is 77.5 cm³/mol. The maximum absolute atomic E-state index is 5.88. The van der Waals surface area contributed by atoms with E-state index in [4.69, 9.17) is 14.9 Å². The number of hydrogen-bond acceptors (Lipinski definition) is 4. The zero-order chi connectivity index (χ0) is 13.7. The highest BCUT2D eigenvalue weighted by Crippen LogP contribution is 2.26. The fourth-order valence-corrected chi connectivity index (χ4v) is 1.79. The van der Waals surface area contributed by atoms with Crippen LogP contribution < -0.4 is 15.8 Å². The van der Waals surface area contributed by atoms with Crippen molar-refractivity contribution < 1.29 is 9.15 Å². The lowest BCUT2D eigenvalue weighted by atomic mass is 10.2. The van der Waals surface area contributed by atoms with Crippen LogP contribution >= 0.6 is 0 Å². The van der Waals surface area contributed by atoms with Crippen molar-refractivity contribution in [2.24, 2.45) is 0 Å². The van der Waals surface area contributed by atoms with Crippen molar-refractivity contribution in [3.63, 3.8) is 0 Å². The van der Waals surface area contributed by atoms with E-state index in [1.807, 2.05) is 44.2 Å². The van der Waals surface area contributed by atoms with Crippen molar-refractivity contribution in [2.45, 2.75) is 26.4 Å². The van der Waals surface area contributed by atoms with Gasteiger partial charge in [0.2, 0.25) is 0 Å². The molecule has 102 valence electrons. The molecule has 4 nitrogen and oxygen atoms in total. The van der Waals surface area contributed by atoms with Gasteiger partial charge in [0.25, 0.3) is 0 Å². The molecule has 3 N–H and O–H groups in total. The SMILES string of the molecule is CC(C)Oc1cc(NCCc2ccco2)ccc1N. The molecule has 0 aliphatic rings. The van der Waals surface area contributed by atoms with Gasteiger partial charge in [0, 0.05) is 24.7 Å². The summed E-state index contributed by atoms with van der Waals surface area (Å²) in [6.07, 6.45) is 2.64. The Morgan fingerprint density at radius 1 is 1.32 bits per heavy atom. The van der Waals surface area contributed by atoms with Crippen molar-refractivity contribution in [1.29, 1.82) is 0 Å². The number of nitrogen functional groups attached to an aromatic ring is 1. The van der Waals surface area contributed by atoms with Crippen molar-refractivity contribution >= 4 is 11.4 Å². The number of furan rings is 1. The average Bonchev–Trinajstić information content (AvgIpc) is 2.86. The lowest BCUT2D eigenvalue weighted by Gasteiger charge is -2.14. The molecular formula is C15H20N2O2. The van der Waals surface area contributed by atoms with Gasteiger partial charge in [0.05, 0.1) is 18.1 Å². The Morgan fingerprint density at radius 2 is 2.16 bits per heavy atom. The fraction of sp³-hybridized carbons (Fsp3) is 0.333. The minimum absolute atomic E-state index is 0.112. The van der Waals surface area contributed by atoms with Crippen LogP contribution in [0.25, 0.3) is 0 Å². The third-order valence-electron chi connectivity index (χ3n) is 2.66. The molecule has 0 spiro atoms. The van der Waals surface area contributed by atoms with Crippen LogP contribution in [0.4, 0.5) is 11.4 Å². The Balaban J connectivity index is 1.93. The number of hydrogen-bond donors (Lipinski definition) is 2. The van der Waals surface area contributed by atoms with Crippen molar-refractivity contribution in [1.82, 2.24) is 0 Å². The Morgan fingerprint density at radius 3 is 2.84 bits per heavy atom. The molecule has 0 saturated heterocycles. The second-order valence-corrected chi connectivity index (χ2v) is 4.68. The lowest BCUT2D eigenvalue weighted by molar-refractivity contribution is 0.244. The Labute approximate surface area is 113 Å². The zero-order valence-electron chi connectivity index (χ0n) is 11.3. The first-order valence-electron chi connectivity index (χ1n) is 6.47. The zero-order valence-corrected chi connectivity index (χ0v) is 11.3. The fourth-order valence-electron chi connectivity index (χ4n) is 1.79. The van der Waals surface area contributed by atoms with Gasteiger partial charge in [-0.15, -0.1) is 0 Å². The standard InChI is InChI=1S/C15H20N2O2/c1-11(2)19-15-10-12(5-6-14(15)16)17-8-7-13-4-3-9-18-13/h3-6,9-11,17H,7-8,16H2,1-2H3. The highest BCUT2D eigenvalue weighted by molar-refractivity contribution is 5.61. The van der Waals surface area contributed by atoms with Crippen LogP contribution in [0.2, 0.25) is 0 Å². The second-order valence-electron chi connectivity index (χ2n) is 4.68. The summed E-state index contributed by atoms with van der Waals surface area (Å²) in [7, 11) is 0. The number of rotatable bonds is 6. The first-order chi connectivity index (χ1) is 9.15. The molecule has 0 aliphatic carbocycles. The topological polar surface area (TPSA) is 60.4 Å². The highest BCUT2D eigenvalue weighted by Gasteiger charge is 2.04. The van der Waals surface area contributed by atoms with Gasteiger partial charge in [-0.2, -0.15) is 0 Å². The summed E-state index contributed by atoms with van der Waals surface area (Å²) in [4.78, 5) is 0. The Kier molecular flexibility index (Phi) is 4.34. The summed E-state index contributed by atoms with van der Waals surface area (Å²) >= 11 is 0. The maximum atomic E-state index is 5.88. The molecule has 2 aromatic rings. The summed E-state index contributed by atoms with van der Waals surface area (Å²) in [6.45, 7) is 4.77. The quantitative estimate of drug-likeness (QED) is 0.782. The molecule has 0 atom stereocenters. The molecule has 0 radical (unpaired) electrons. The highest BCUT2D eigenvalue weighted by atomic mass is 16.5. The van der Waals surface area contributed by atoms with E-state index in [1.165, 1.54) is 0 Å². The number of anilines is 2. The largest absolute Gasteiger partial charge is 0.489 e. The molecule has 0 fully saturated rings. The van der Waals surface area contributed by atoms with Crippen LogP contribution in [0.3, 0.4) is 0 Å². The normalized spacial score (nSPS) is 10.7. The Bertz CT molecular complexity index is 507. The third-order valence-corrected chi connectivity index (χ3v) is 2.66. The Hall–Kier alpha value is -2.10. The first-order valence-corrected chi connectivity index (χ1v) is 6.47. The number of nitrogens with two attached hydrogens (primary N) is 1. The maximum Gasteiger partial charge on any atom is 0.144 e. The molecule has 0 amide bonds. The average molecular weight is 260 g/mol. The molecule has 0 saturated carbocycles. The lowest BCUT2D eigenvalue weighted by Crippen LogP contribution is -2.09. The summed E-state index contributed by atoms with van der Waals surface area (Å²) in [5, 5.41) is 3.33. The van der Waals surface area contributed by atoms with Crippen LogP contribution in [0, 0.1) is 0 Å². The summed E-state index contributed by atoms with van der Waals surface area (Å²) in [5.41, 5.74) is 7.53. The second kappa shape index (κ2) is 6.18. The van der Waals surface area contributed by atoms with Gasteiger partial charge in [0.15, 0.2) is 0 Å². The van der Waals surface area contributed by atoms with Gasteiger partial charge in [-0.05, 0) is 38.1 Å². The summed E-state index contributed by atoms with van der Waals surface area (Å²) in [5.74, 6) is 1.69. The predicted octanol–water partition coefficient (Wildman–Crippen LogP) is 3.30. The van der Waals surface area contributed by atoms with E-state index in [-0.39, 0.29) is 6.10 Å². The minimum atomic E-state index is 0.112. The number of ether oxygens (including phenoxy) is 1. The molecule has 1 heterocycles. The minimum Gasteiger partial charge on any atom is -0.489 e. The van der Waals surface area contributed by atoms with Crippen LogP contribution in [0.1, 0.15) is 19.6 Å². The molecule has 0 unspecified atom stereocenters. The summed E-state index contributed by atoms with van der Waals surface area (Å²) in [6, 6.07) is 9.60. The number of nitrogens with one attached hydrogen (secondary N) is 1. The van der Waals surface area contributed by atoms with Gasteiger partial charge in [-0.3, -0.25) is 0 Å². The molecule has 1 aromatic carbocycles. The molecular weight excluding hydrogens is 240 g/mol. The molecule has 0 aliphatic heterocycles. The molecule has 4 heteroatoms. The van der Waals surface area contributed by atoms with Crippen LogP contribution in [0.15, 0.2) is 41.0 Å². The molecule has 1 aromatic heterocycles. The van der Waals surface area contributed by atoms with E-state index in [0.717, 1.165) is 30.2 Å². The monoisotopic (exact) mass is 260 g/mol.